The second kappa shape index (κ2) is 5.37. The maximum absolute atomic E-state index is 11.7. The molecule has 5 heteroatoms. The summed E-state index contributed by atoms with van der Waals surface area (Å²) in [6.45, 7) is 1.83. The molecule has 2 rings (SSSR count). The van der Waals surface area contributed by atoms with Gasteiger partial charge < -0.3 is 15.6 Å². The van der Waals surface area contributed by atoms with Gasteiger partial charge in [-0.25, -0.2) is 4.79 Å². The van der Waals surface area contributed by atoms with E-state index in [4.69, 9.17) is 15.6 Å². The first-order valence-electron chi connectivity index (χ1n) is 6.11. The lowest BCUT2D eigenvalue weighted by Gasteiger charge is -2.17. The summed E-state index contributed by atoms with van der Waals surface area (Å²) in [6.07, 6.45) is 1.36. The van der Waals surface area contributed by atoms with Gasteiger partial charge in [0.1, 0.15) is 12.5 Å². The molecule has 1 aromatic carbocycles. The zero-order valence-corrected chi connectivity index (χ0v) is 10.4. The second-order valence-corrected chi connectivity index (χ2v) is 4.37. The monoisotopic (exact) mass is 250 g/mol. The SMILES string of the molecule is CCN(CO)C(=O)Oc1ccc2c(c1)C(N)CC2. The lowest BCUT2D eigenvalue weighted by atomic mass is 10.1. The van der Waals surface area contributed by atoms with E-state index in [1.54, 1.807) is 13.0 Å². The number of fused-ring (bicyclic) bond motifs is 1. The Labute approximate surface area is 106 Å². The molecule has 0 saturated heterocycles. The van der Waals surface area contributed by atoms with Crippen LogP contribution in [-0.2, 0) is 6.42 Å². The van der Waals surface area contributed by atoms with Gasteiger partial charge >= 0.3 is 6.09 Å². The number of nitrogens with zero attached hydrogens (tertiary/aromatic N) is 1. The van der Waals surface area contributed by atoms with Gasteiger partial charge in [0.2, 0.25) is 0 Å². The summed E-state index contributed by atoms with van der Waals surface area (Å²) in [5.74, 6) is 0.475. The predicted octanol–water partition coefficient (Wildman–Crippen LogP) is 1.40. The van der Waals surface area contributed by atoms with Crippen LogP contribution in [0.3, 0.4) is 0 Å². The van der Waals surface area contributed by atoms with Crippen LogP contribution in [0, 0.1) is 0 Å². The largest absolute Gasteiger partial charge is 0.417 e. The predicted molar refractivity (Wildman–Crippen MR) is 67.2 cm³/mol. The van der Waals surface area contributed by atoms with Crippen LogP contribution < -0.4 is 10.5 Å². The van der Waals surface area contributed by atoms with Gasteiger partial charge in [0.15, 0.2) is 0 Å². The van der Waals surface area contributed by atoms with E-state index in [0.29, 0.717) is 12.3 Å². The van der Waals surface area contributed by atoms with Crippen molar-refractivity contribution in [3.05, 3.63) is 29.3 Å². The highest BCUT2D eigenvalue weighted by molar-refractivity contribution is 5.70. The third-order valence-electron chi connectivity index (χ3n) is 3.26. The van der Waals surface area contributed by atoms with Gasteiger partial charge in [-0.3, -0.25) is 4.90 Å². The van der Waals surface area contributed by atoms with Crippen molar-refractivity contribution in [1.29, 1.82) is 0 Å². The van der Waals surface area contributed by atoms with Crippen LogP contribution in [0.25, 0.3) is 0 Å². The summed E-state index contributed by atoms with van der Waals surface area (Å²) in [5, 5.41) is 8.98. The van der Waals surface area contributed by atoms with Crippen molar-refractivity contribution in [2.75, 3.05) is 13.3 Å². The highest BCUT2D eigenvalue weighted by Crippen LogP contribution is 2.32. The summed E-state index contributed by atoms with van der Waals surface area (Å²) in [4.78, 5) is 12.9. The molecule has 3 N–H and O–H groups in total. The van der Waals surface area contributed by atoms with Crippen LogP contribution in [0.2, 0.25) is 0 Å². The number of carbonyl (C=O) groups is 1. The minimum Gasteiger partial charge on any atom is -0.410 e. The lowest BCUT2D eigenvalue weighted by Crippen LogP contribution is -2.34. The smallest absolute Gasteiger partial charge is 0.410 e. The van der Waals surface area contributed by atoms with Crippen LogP contribution in [0.4, 0.5) is 4.79 Å². The molecule has 0 saturated carbocycles. The fraction of sp³-hybridized carbons (Fsp3) is 0.462. The van der Waals surface area contributed by atoms with E-state index in [2.05, 4.69) is 0 Å². The van der Waals surface area contributed by atoms with Crippen molar-refractivity contribution >= 4 is 6.09 Å². The Morgan fingerprint density at radius 2 is 2.39 bits per heavy atom. The molecule has 1 atom stereocenters. The number of ether oxygens (including phenoxy) is 1. The van der Waals surface area contributed by atoms with Gasteiger partial charge in [0.05, 0.1) is 0 Å². The highest BCUT2D eigenvalue weighted by Gasteiger charge is 2.20. The van der Waals surface area contributed by atoms with Gasteiger partial charge in [-0.15, -0.1) is 0 Å². The average Bonchev–Trinajstić information content (AvgIpc) is 2.73. The van der Waals surface area contributed by atoms with E-state index in [0.717, 1.165) is 18.4 Å². The van der Waals surface area contributed by atoms with Crippen molar-refractivity contribution in [3.63, 3.8) is 0 Å². The fourth-order valence-corrected chi connectivity index (χ4v) is 2.13. The maximum atomic E-state index is 11.7. The van der Waals surface area contributed by atoms with E-state index in [1.165, 1.54) is 10.5 Å². The minimum atomic E-state index is -0.550. The Bertz CT molecular complexity index is 444. The number of benzene rings is 1. The summed E-state index contributed by atoms with van der Waals surface area (Å²) in [6, 6.07) is 5.55. The molecular weight excluding hydrogens is 232 g/mol. The molecule has 0 bridgehead atoms. The number of rotatable bonds is 3. The highest BCUT2D eigenvalue weighted by atomic mass is 16.6. The van der Waals surface area contributed by atoms with Crippen LogP contribution in [0.15, 0.2) is 18.2 Å². The van der Waals surface area contributed by atoms with Crippen molar-refractivity contribution in [3.8, 4) is 5.75 Å². The normalized spacial score (nSPS) is 17.4. The van der Waals surface area contributed by atoms with Crippen LogP contribution in [-0.4, -0.2) is 29.4 Å². The molecular formula is C13H18N2O3. The number of hydrogen-bond donors (Lipinski definition) is 2. The molecule has 0 heterocycles. The number of aliphatic hydroxyl groups is 1. The van der Waals surface area contributed by atoms with E-state index in [1.807, 2.05) is 12.1 Å². The zero-order chi connectivity index (χ0) is 13.1. The number of carbonyl (C=O) groups excluding carboxylic acids is 1. The van der Waals surface area contributed by atoms with Gasteiger partial charge in [-0.05, 0) is 43.0 Å². The molecule has 5 nitrogen and oxygen atoms in total. The third-order valence-corrected chi connectivity index (χ3v) is 3.26. The molecule has 1 aromatic rings. The van der Waals surface area contributed by atoms with E-state index in [-0.39, 0.29) is 12.8 Å². The maximum Gasteiger partial charge on any atom is 0.417 e. The second-order valence-electron chi connectivity index (χ2n) is 4.37. The molecule has 1 aliphatic rings. The Kier molecular flexibility index (Phi) is 3.84. The molecule has 0 radical (unpaired) electrons. The Morgan fingerprint density at radius 1 is 1.61 bits per heavy atom. The molecule has 0 aliphatic heterocycles. The summed E-state index contributed by atoms with van der Waals surface area (Å²) in [7, 11) is 0. The quantitative estimate of drug-likeness (QED) is 0.795. The first-order chi connectivity index (χ1) is 8.65. The van der Waals surface area contributed by atoms with Crippen molar-refractivity contribution in [2.24, 2.45) is 5.73 Å². The number of amides is 1. The van der Waals surface area contributed by atoms with Gasteiger partial charge in [-0.1, -0.05) is 6.07 Å². The van der Waals surface area contributed by atoms with Crippen LogP contribution in [0.1, 0.15) is 30.5 Å². The Hall–Kier alpha value is -1.59. The Balaban J connectivity index is 2.11. The molecule has 1 aliphatic carbocycles. The number of aliphatic hydroxyl groups excluding tert-OH is 1. The van der Waals surface area contributed by atoms with E-state index in [9.17, 15) is 4.79 Å². The summed E-state index contributed by atoms with van der Waals surface area (Å²) < 4.78 is 5.20. The number of hydrogen-bond acceptors (Lipinski definition) is 4. The minimum absolute atomic E-state index is 0.0266. The lowest BCUT2D eigenvalue weighted by molar-refractivity contribution is 0.0973. The molecule has 0 aromatic heterocycles. The van der Waals surface area contributed by atoms with E-state index < -0.39 is 6.09 Å². The summed E-state index contributed by atoms with van der Waals surface area (Å²) >= 11 is 0. The molecule has 1 amide bonds. The molecule has 18 heavy (non-hydrogen) atoms. The molecule has 0 spiro atoms. The van der Waals surface area contributed by atoms with Gasteiger partial charge in [-0.2, -0.15) is 0 Å². The fourth-order valence-electron chi connectivity index (χ4n) is 2.13. The Morgan fingerprint density at radius 3 is 3.06 bits per heavy atom. The first-order valence-corrected chi connectivity index (χ1v) is 6.11. The molecule has 1 unspecified atom stereocenters. The standard InChI is InChI=1S/C13H18N2O3/c1-2-15(8-16)13(17)18-10-5-3-9-4-6-12(14)11(9)7-10/h3,5,7,12,16H,2,4,6,8,14H2,1H3. The third kappa shape index (κ3) is 2.47. The van der Waals surface area contributed by atoms with E-state index >= 15 is 0 Å². The van der Waals surface area contributed by atoms with Crippen LogP contribution in [0.5, 0.6) is 5.75 Å². The number of aryl methyl sites for hydroxylation is 1. The zero-order valence-electron chi connectivity index (χ0n) is 10.4. The molecule has 0 fully saturated rings. The van der Waals surface area contributed by atoms with Crippen molar-refractivity contribution < 1.29 is 14.6 Å². The van der Waals surface area contributed by atoms with Crippen molar-refractivity contribution in [2.45, 2.75) is 25.8 Å². The van der Waals surface area contributed by atoms with Crippen LogP contribution >= 0.6 is 0 Å². The van der Waals surface area contributed by atoms with Gasteiger partial charge in [0.25, 0.3) is 0 Å². The average molecular weight is 250 g/mol. The first kappa shape index (κ1) is 12.9. The molecule has 98 valence electrons. The topological polar surface area (TPSA) is 75.8 Å². The number of nitrogens with two attached hydrogens (primary N) is 1. The summed E-state index contributed by atoms with van der Waals surface area (Å²) in [5.41, 5.74) is 8.24. The van der Waals surface area contributed by atoms with Gasteiger partial charge in [0, 0.05) is 12.6 Å². The van der Waals surface area contributed by atoms with Crippen molar-refractivity contribution in [1.82, 2.24) is 4.90 Å².